The third-order valence-corrected chi connectivity index (χ3v) is 4.30. The Balaban J connectivity index is 0.000000837. The topological polar surface area (TPSA) is 151 Å². The molecule has 3 aromatic rings. The molecule has 1 amide bonds. The largest absolute Gasteiger partial charge is 0.760 e. The molecule has 0 bridgehead atoms. The van der Waals surface area contributed by atoms with Crippen LogP contribution < -0.4 is 20.3 Å². The average Bonchev–Trinajstić information content (AvgIpc) is 2.73. The van der Waals surface area contributed by atoms with Crippen molar-refractivity contribution < 1.29 is 23.0 Å². The molecule has 0 aliphatic heterocycles. The quantitative estimate of drug-likeness (QED) is 0.524. The van der Waals surface area contributed by atoms with Crippen molar-refractivity contribution in [2.45, 2.75) is 6.42 Å². The van der Waals surface area contributed by atoms with E-state index in [-0.39, 0.29) is 6.42 Å². The zero-order valence-corrected chi connectivity index (χ0v) is 18.5. The fourth-order valence-electron chi connectivity index (χ4n) is 2.88. The maximum absolute atomic E-state index is 11.4. The molecular weight excluding hydrogens is 454 g/mol. The van der Waals surface area contributed by atoms with E-state index in [1.807, 2.05) is 42.5 Å². The molecule has 0 saturated carbocycles. The van der Waals surface area contributed by atoms with Crippen LogP contribution in [0, 0.1) is 11.3 Å². The summed E-state index contributed by atoms with van der Waals surface area (Å²) in [6.45, 7) is 0. The fourth-order valence-corrected chi connectivity index (χ4v) is 3.11. The molecule has 0 aliphatic carbocycles. The number of rotatable bonds is 6. The van der Waals surface area contributed by atoms with Crippen molar-refractivity contribution in [3.05, 3.63) is 76.8 Å². The summed E-state index contributed by atoms with van der Waals surface area (Å²) in [6.07, 6.45) is 0.137. The van der Waals surface area contributed by atoms with Gasteiger partial charge >= 0.3 is 0 Å². The Morgan fingerprint density at radius 1 is 1.16 bits per heavy atom. The van der Waals surface area contributed by atoms with E-state index in [1.54, 1.807) is 31.4 Å². The summed E-state index contributed by atoms with van der Waals surface area (Å²) >= 11 is 3.70. The maximum Gasteiger partial charge on any atom is 0.221 e. The van der Waals surface area contributed by atoms with Gasteiger partial charge < -0.3 is 19.8 Å². The Hall–Kier alpha value is -3.42. The second-order valence-electron chi connectivity index (χ2n) is 6.32. The highest BCUT2D eigenvalue weighted by Gasteiger charge is 2.13. The number of ether oxygens (including phenoxy) is 2. The van der Waals surface area contributed by atoms with Gasteiger partial charge in [-0.05, 0) is 47.0 Å². The molecule has 0 aliphatic rings. The minimum absolute atomic E-state index is 0.137. The standard InChI is InChI=1S/C22H17ClN2O3.H3NO2S/c1-27-20-7-6-16(19-5-3-2-4-15(19)11-22(25)26)10-21(20)28-18-9-14(13-24)8-17(23)12-18;1-4(2)3/h2-10,12H,11H2,1H3,(H2,25,26);1H2,(H,2,3)/p-1. The number of hydrogen-bond donors (Lipinski definition) is 2. The first-order chi connectivity index (χ1) is 15.2. The first-order valence-electron chi connectivity index (χ1n) is 9.00. The minimum Gasteiger partial charge on any atom is -0.760 e. The van der Waals surface area contributed by atoms with Crippen LogP contribution in [0.15, 0.2) is 60.7 Å². The van der Waals surface area contributed by atoms with Crippen LogP contribution in [0.25, 0.3) is 11.1 Å². The Morgan fingerprint density at radius 3 is 2.47 bits per heavy atom. The zero-order chi connectivity index (χ0) is 23.7. The number of primary amides is 1. The van der Waals surface area contributed by atoms with Gasteiger partial charge in [0.05, 0.1) is 25.2 Å². The van der Waals surface area contributed by atoms with Gasteiger partial charge in [0, 0.05) is 16.3 Å². The molecule has 0 fully saturated rings. The number of halogens is 1. The summed E-state index contributed by atoms with van der Waals surface area (Å²) in [4.78, 5) is 11.4. The number of methoxy groups -OCH3 is 1. The Kier molecular flexibility index (Phi) is 9.19. The monoisotopic (exact) mass is 472 g/mol. The highest BCUT2D eigenvalue weighted by atomic mass is 35.5. The Bertz CT molecular complexity index is 1180. The number of hydrogen-bond acceptors (Lipinski definition) is 6. The Morgan fingerprint density at radius 2 is 1.84 bits per heavy atom. The molecule has 10 heteroatoms. The van der Waals surface area contributed by atoms with Crippen molar-refractivity contribution in [2.24, 2.45) is 10.9 Å². The van der Waals surface area contributed by atoms with Crippen LogP contribution in [-0.4, -0.2) is 21.8 Å². The van der Waals surface area contributed by atoms with Crippen LogP contribution in [-0.2, 0) is 22.5 Å². The maximum atomic E-state index is 11.4. The molecular formula is C22H19ClN3O5S-. The molecule has 0 spiro atoms. The first kappa shape index (κ1) is 24.8. The molecule has 0 saturated heterocycles. The van der Waals surface area contributed by atoms with Crippen molar-refractivity contribution in [2.75, 3.05) is 7.11 Å². The van der Waals surface area contributed by atoms with Gasteiger partial charge in [-0.3, -0.25) is 14.1 Å². The number of carbonyl (C=O) groups excluding carboxylic acids is 1. The third kappa shape index (κ3) is 7.37. The number of benzene rings is 3. The number of amides is 1. The van der Waals surface area contributed by atoms with Crippen molar-refractivity contribution >= 4 is 28.8 Å². The van der Waals surface area contributed by atoms with Crippen LogP contribution >= 0.6 is 11.6 Å². The molecule has 8 nitrogen and oxygen atoms in total. The molecule has 3 aromatic carbocycles. The van der Waals surface area contributed by atoms with Crippen molar-refractivity contribution in [3.63, 3.8) is 0 Å². The second kappa shape index (κ2) is 11.8. The van der Waals surface area contributed by atoms with Gasteiger partial charge in [0.2, 0.25) is 5.91 Å². The van der Waals surface area contributed by atoms with Crippen LogP contribution in [0.2, 0.25) is 5.02 Å². The van der Waals surface area contributed by atoms with Crippen molar-refractivity contribution in [3.8, 4) is 34.4 Å². The summed E-state index contributed by atoms with van der Waals surface area (Å²) in [5.74, 6) is 1.000. The molecule has 0 aromatic heterocycles. The van der Waals surface area contributed by atoms with Gasteiger partial charge in [0.15, 0.2) is 11.5 Å². The number of nitrogens with two attached hydrogens (primary N) is 2. The lowest BCUT2D eigenvalue weighted by atomic mass is 9.97. The first-order valence-corrected chi connectivity index (χ1v) is 10.5. The van der Waals surface area contributed by atoms with E-state index in [9.17, 15) is 4.79 Å². The van der Waals surface area contributed by atoms with Gasteiger partial charge in [-0.15, -0.1) is 0 Å². The third-order valence-electron chi connectivity index (χ3n) is 4.08. The van der Waals surface area contributed by atoms with E-state index < -0.39 is 17.2 Å². The second-order valence-corrected chi connectivity index (χ2v) is 7.27. The molecule has 166 valence electrons. The van der Waals surface area contributed by atoms with Crippen LogP contribution in [0.1, 0.15) is 11.1 Å². The van der Waals surface area contributed by atoms with Gasteiger partial charge in [-0.2, -0.15) is 5.26 Å². The molecule has 0 heterocycles. The summed E-state index contributed by atoms with van der Waals surface area (Å²) in [6, 6.07) is 19.8. The number of carbonyl (C=O) groups is 1. The van der Waals surface area contributed by atoms with Crippen LogP contribution in [0.5, 0.6) is 17.2 Å². The van der Waals surface area contributed by atoms with Gasteiger partial charge in [-0.25, -0.2) is 0 Å². The molecule has 1 unspecified atom stereocenters. The number of nitrogens with zero attached hydrogens (tertiary/aromatic N) is 1. The lowest BCUT2D eigenvalue weighted by Gasteiger charge is -2.14. The van der Waals surface area contributed by atoms with E-state index in [4.69, 9.17) is 40.8 Å². The normalized spacial score (nSPS) is 10.8. The highest BCUT2D eigenvalue weighted by Crippen LogP contribution is 2.37. The van der Waals surface area contributed by atoms with E-state index in [0.717, 1.165) is 16.7 Å². The lowest BCUT2D eigenvalue weighted by Crippen LogP contribution is -2.14. The molecule has 0 radical (unpaired) electrons. The SMILES string of the molecule is COc1ccc(-c2ccccc2CC(N)=O)cc1Oc1cc(Cl)cc(C#N)c1.NS(=O)[O-]. The predicted molar refractivity (Wildman–Crippen MR) is 121 cm³/mol. The van der Waals surface area contributed by atoms with E-state index in [1.165, 1.54) is 0 Å². The van der Waals surface area contributed by atoms with Gasteiger partial charge in [0.25, 0.3) is 0 Å². The van der Waals surface area contributed by atoms with E-state index in [0.29, 0.717) is 27.8 Å². The molecule has 3 rings (SSSR count). The van der Waals surface area contributed by atoms with Crippen molar-refractivity contribution in [1.82, 2.24) is 0 Å². The number of nitriles is 1. The highest BCUT2D eigenvalue weighted by molar-refractivity contribution is 7.76. The smallest absolute Gasteiger partial charge is 0.221 e. The summed E-state index contributed by atoms with van der Waals surface area (Å²) in [7, 11) is 1.54. The van der Waals surface area contributed by atoms with E-state index >= 15 is 0 Å². The zero-order valence-electron chi connectivity index (χ0n) is 16.9. The summed E-state index contributed by atoms with van der Waals surface area (Å²) in [5, 5.41) is 13.5. The van der Waals surface area contributed by atoms with Crippen LogP contribution in [0.3, 0.4) is 0 Å². The molecule has 1 atom stereocenters. The predicted octanol–water partition coefficient (Wildman–Crippen LogP) is 3.45. The minimum atomic E-state index is -2.36. The molecule has 32 heavy (non-hydrogen) atoms. The summed E-state index contributed by atoms with van der Waals surface area (Å²) in [5.41, 5.74) is 8.30. The van der Waals surface area contributed by atoms with Gasteiger partial charge in [0.1, 0.15) is 5.75 Å². The summed E-state index contributed by atoms with van der Waals surface area (Å²) < 4.78 is 28.9. The Labute approximate surface area is 192 Å². The molecule has 4 N–H and O–H groups in total. The fraction of sp³-hybridized carbons (Fsp3) is 0.0909. The lowest BCUT2D eigenvalue weighted by molar-refractivity contribution is -0.117. The van der Waals surface area contributed by atoms with Crippen LogP contribution in [0.4, 0.5) is 0 Å². The van der Waals surface area contributed by atoms with Gasteiger partial charge in [-0.1, -0.05) is 41.9 Å². The van der Waals surface area contributed by atoms with Crippen molar-refractivity contribution in [1.29, 1.82) is 5.26 Å². The van der Waals surface area contributed by atoms with E-state index in [2.05, 4.69) is 5.14 Å². The average molecular weight is 473 g/mol.